The molecule has 0 fully saturated rings. The first-order valence-electron chi connectivity index (χ1n) is 9.32. The summed E-state index contributed by atoms with van der Waals surface area (Å²) in [6.45, 7) is 5.78. The van der Waals surface area contributed by atoms with Gasteiger partial charge in [-0.25, -0.2) is 0 Å². The van der Waals surface area contributed by atoms with Gasteiger partial charge in [-0.15, -0.1) is 0 Å². The third kappa shape index (κ3) is 9.47. The van der Waals surface area contributed by atoms with E-state index in [0.717, 1.165) is 51.8 Å². The van der Waals surface area contributed by atoms with Crippen molar-refractivity contribution < 1.29 is 22.6 Å². The number of ether oxygens (including phenoxy) is 2. The van der Waals surface area contributed by atoms with E-state index in [1.807, 2.05) is 0 Å². The molecule has 0 unspecified atom stereocenters. The van der Waals surface area contributed by atoms with E-state index < -0.39 is 36.7 Å². The first-order chi connectivity index (χ1) is 11.8. The first kappa shape index (κ1) is 25.7. The van der Waals surface area contributed by atoms with Gasteiger partial charge in [-0.3, -0.25) is 0 Å². The molecular formula is C18H34BrF3O2Sn. The number of rotatable bonds is 14. The van der Waals surface area contributed by atoms with Crippen molar-refractivity contribution in [1.29, 1.82) is 0 Å². The van der Waals surface area contributed by atoms with Gasteiger partial charge in [-0.2, -0.15) is 0 Å². The quantitative estimate of drug-likeness (QED) is 0.132. The Morgan fingerprint density at radius 1 is 0.920 bits per heavy atom. The summed E-state index contributed by atoms with van der Waals surface area (Å²) in [5.41, 5.74) is -0.511. The molecule has 0 saturated heterocycles. The molecule has 0 rings (SSSR count). The fraction of sp³-hybridized carbons (Fsp3) is 0.889. The van der Waals surface area contributed by atoms with Crippen LogP contribution in [0.1, 0.15) is 59.3 Å². The summed E-state index contributed by atoms with van der Waals surface area (Å²) in [5, 5.41) is 0. The summed E-state index contributed by atoms with van der Waals surface area (Å²) in [5.74, 6) is 0. The first-order valence-corrected chi connectivity index (χ1v) is 17.6. The maximum atomic E-state index is 13.7. The minimum atomic E-state index is -4.36. The third-order valence-electron chi connectivity index (χ3n) is 4.55. The van der Waals surface area contributed by atoms with Crippen molar-refractivity contribution in [2.45, 2.75) is 78.8 Å². The fourth-order valence-electron chi connectivity index (χ4n) is 3.07. The zero-order chi connectivity index (χ0) is 19.3. The van der Waals surface area contributed by atoms with Crippen LogP contribution in [0.2, 0.25) is 13.3 Å². The maximum absolute atomic E-state index is 13.7. The Morgan fingerprint density at radius 2 is 1.36 bits per heavy atom. The molecule has 0 aliphatic carbocycles. The van der Waals surface area contributed by atoms with Crippen LogP contribution in [0.15, 0.2) is 8.07 Å². The van der Waals surface area contributed by atoms with Crippen molar-refractivity contribution in [2.24, 2.45) is 0 Å². The molecule has 7 heteroatoms. The fourth-order valence-corrected chi connectivity index (χ4v) is 22.7. The molecule has 0 aliphatic rings. The molecule has 150 valence electrons. The van der Waals surface area contributed by atoms with Crippen LogP contribution >= 0.6 is 15.9 Å². The van der Waals surface area contributed by atoms with E-state index in [2.05, 4.69) is 36.7 Å². The van der Waals surface area contributed by atoms with Crippen molar-refractivity contribution in [3.63, 3.8) is 0 Å². The molecule has 0 aromatic rings. The van der Waals surface area contributed by atoms with Gasteiger partial charge in [0.25, 0.3) is 0 Å². The van der Waals surface area contributed by atoms with Gasteiger partial charge in [0.2, 0.25) is 0 Å². The Hall–Kier alpha value is 0.729. The molecule has 0 atom stereocenters. The van der Waals surface area contributed by atoms with E-state index >= 15 is 0 Å². The van der Waals surface area contributed by atoms with Gasteiger partial charge in [0.15, 0.2) is 0 Å². The number of halogens is 4. The third-order valence-corrected chi connectivity index (χ3v) is 25.4. The molecule has 0 N–H and O–H groups in total. The van der Waals surface area contributed by atoms with Crippen LogP contribution in [0, 0.1) is 0 Å². The van der Waals surface area contributed by atoms with Crippen molar-refractivity contribution in [3.8, 4) is 0 Å². The molecule has 0 aliphatic heterocycles. The molecule has 0 aromatic heterocycles. The molecule has 0 amide bonds. The molecule has 25 heavy (non-hydrogen) atoms. The average molecular weight is 538 g/mol. The molecule has 2 nitrogen and oxygen atoms in total. The summed E-state index contributed by atoms with van der Waals surface area (Å²) in [7, 11) is 1.42. The SMILES string of the molecule is CCC[CH2][Sn]([CH2]CCC)([CH2]CCC)/[C](Br)=C(/COCOC)C(F)(F)F. The second-order valence-electron chi connectivity index (χ2n) is 6.64. The van der Waals surface area contributed by atoms with Gasteiger partial charge >= 0.3 is 164 Å². The van der Waals surface area contributed by atoms with Crippen LogP contribution in [-0.2, 0) is 9.47 Å². The van der Waals surface area contributed by atoms with Crippen LogP contribution in [-0.4, -0.2) is 45.1 Å². The Balaban J connectivity index is 5.87. The van der Waals surface area contributed by atoms with E-state index in [4.69, 9.17) is 9.47 Å². The number of unbranched alkanes of at least 4 members (excludes halogenated alkanes) is 3. The zero-order valence-electron chi connectivity index (χ0n) is 16.1. The number of hydrogen-bond acceptors (Lipinski definition) is 2. The summed E-state index contributed by atoms with van der Waals surface area (Å²) in [6, 6.07) is 0. The molecule has 0 heterocycles. The summed E-state index contributed by atoms with van der Waals surface area (Å²) < 4.78 is 54.5. The molecule has 0 saturated carbocycles. The van der Waals surface area contributed by atoms with Gasteiger partial charge in [0.1, 0.15) is 0 Å². The molecule has 0 bridgehead atoms. The second kappa shape index (κ2) is 13.8. The van der Waals surface area contributed by atoms with Crippen molar-refractivity contribution in [2.75, 3.05) is 20.5 Å². The Kier molecular flexibility index (Phi) is 14.2. The zero-order valence-corrected chi connectivity index (χ0v) is 20.5. The molecule has 0 radical (unpaired) electrons. The number of methoxy groups -OCH3 is 1. The molecular weight excluding hydrogens is 504 g/mol. The van der Waals surface area contributed by atoms with Crippen molar-refractivity contribution in [1.82, 2.24) is 0 Å². The van der Waals surface area contributed by atoms with Crippen LogP contribution < -0.4 is 0 Å². The van der Waals surface area contributed by atoms with Crippen LogP contribution in [0.4, 0.5) is 13.2 Å². The van der Waals surface area contributed by atoms with E-state index in [0.29, 0.717) is 2.50 Å². The predicted molar refractivity (Wildman–Crippen MR) is 105 cm³/mol. The van der Waals surface area contributed by atoms with Crippen LogP contribution in [0.3, 0.4) is 0 Å². The normalized spacial score (nSPS) is 13.9. The predicted octanol–water partition coefficient (Wildman–Crippen LogP) is 7.21. The molecule has 0 aromatic carbocycles. The van der Waals surface area contributed by atoms with Gasteiger partial charge in [0, 0.05) is 0 Å². The average Bonchev–Trinajstić information content (AvgIpc) is 2.57. The van der Waals surface area contributed by atoms with Gasteiger partial charge < -0.3 is 0 Å². The number of alkyl halides is 3. The molecule has 0 spiro atoms. The van der Waals surface area contributed by atoms with Gasteiger partial charge in [-0.1, -0.05) is 0 Å². The Morgan fingerprint density at radius 3 is 1.68 bits per heavy atom. The van der Waals surface area contributed by atoms with Crippen molar-refractivity contribution >= 4 is 34.3 Å². The number of hydrogen-bond donors (Lipinski definition) is 0. The minimum absolute atomic E-state index is 0.124. The summed E-state index contributed by atoms with van der Waals surface area (Å²) in [4.78, 5) is 0. The summed E-state index contributed by atoms with van der Waals surface area (Å²) >= 11 is 0.326. The van der Waals surface area contributed by atoms with Crippen LogP contribution in [0.5, 0.6) is 0 Å². The van der Waals surface area contributed by atoms with E-state index in [-0.39, 0.29) is 6.79 Å². The standard InChI is InChI=1S/C6H7BrF3O2.3C4H9.Sn/c1-11-4-12-3-5(2-7)6(8,9)10;3*1-3-4-2;/h3-4H2,1H3;3*1,3-4H2,2H3;. The van der Waals surface area contributed by atoms with Gasteiger partial charge in [0.05, 0.1) is 0 Å². The van der Waals surface area contributed by atoms with Crippen LogP contribution in [0.25, 0.3) is 0 Å². The van der Waals surface area contributed by atoms with E-state index in [1.54, 1.807) is 0 Å². The second-order valence-corrected chi connectivity index (χ2v) is 22.5. The summed E-state index contributed by atoms with van der Waals surface area (Å²) in [6.07, 6.45) is 1.77. The van der Waals surface area contributed by atoms with E-state index in [1.165, 1.54) is 7.11 Å². The topological polar surface area (TPSA) is 18.5 Å². The van der Waals surface area contributed by atoms with Gasteiger partial charge in [-0.05, 0) is 0 Å². The Bertz CT molecular complexity index is 365. The Labute approximate surface area is 163 Å². The van der Waals surface area contributed by atoms with Crippen molar-refractivity contribution in [3.05, 3.63) is 8.07 Å². The van der Waals surface area contributed by atoms with E-state index in [9.17, 15) is 13.2 Å². The monoisotopic (exact) mass is 538 g/mol.